The van der Waals surface area contributed by atoms with E-state index >= 15 is 0 Å². The smallest absolute Gasteiger partial charge is 0.166 e. The zero-order chi connectivity index (χ0) is 13.9. The largest absolute Gasteiger partial charge is 0.416 e. The van der Waals surface area contributed by atoms with Gasteiger partial charge in [0, 0.05) is 5.38 Å². The molecule has 1 aromatic rings. The Morgan fingerprint density at radius 2 is 1.89 bits per heavy atom. The molecule has 0 nitrogen and oxygen atoms in total. The van der Waals surface area contributed by atoms with E-state index in [9.17, 15) is 13.2 Å². The predicted octanol–water partition coefficient (Wildman–Crippen LogP) is 5.44. The van der Waals surface area contributed by atoms with Crippen LogP contribution < -0.4 is 0 Å². The number of hydrogen-bond donors (Lipinski definition) is 0. The van der Waals surface area contributed by atoms with Crippen molar-refractivity contribution in [3.8, 4) is 0 Å². The van der Waals surface area contributed by atoms with Crippen LogP contribution in [0.15, 0.2) is 24.3 Å². The van der Waals surface area contributed by atoms with Crippen LogP contribution in [0.1, 0.15) is 43.2 Å². The van der Waals surface area contributed by atoms with Crippen LogP contribution in [0, 0.1) is 5.92 Å². The van der Waals surface area contributed by atoms with E-state index in [2.05, 4.69) is 0 Å². The molecule has 19 heavy (non-hydrogen) atoms. The van der Waals surface area contributed by atoms with Gasteiger partial charge in [0.2, 0.25) is 0 Å². The third-order valence-electron chi connectivity index (χ3n) is 3.87. The molecule has 0 saturated heterocycles. The Labute approximate surface area is 117 Å². The lowest BCUT2D eigenvalue weighted by Gasteiger charge is -2.16. The van der Waals surface area contributed by atoms with Gasteiger partial charge >= 0.3 is 6.18 Å². The molecule has 1 saturated carbocycles. The van der Waals surface area contributed by atoms with Crippen LogP contribution in [0.5, 0.6) is 0 Å². The molecule has 1 fully saturated rings. The van der Waals surface area contributed by atoms with Crippen LogP contribution in [0.2, 0.25) is 0 Å². The maximum atomic E-state index is 12.6. The van der Waals surface area contributed by atoms with Crippen molar-refractivity contribution in [2.45, 2.75) is 50.1 Å². The fourth-order valence-electron chi connectivity index (χ4n) is 2.76. The summed E-state index contributed by atoms with van der Waals surface area (Å²) in [5.74, 6) is 0.549. The topological polar surface area (TPSA) is 0 Å². The Morgan fingerprint density at radius 3 is 2.53 bits per heavy atom. The molecule has 1 atom stereocenters. The highest BCUT2D eigenvalue weighted by Crippen LogP contribution is 2.33. The molecule has 4 heteroatoms. The highest BCUT2D eigenvalue weighted by atomic mass is 35.5. The minimum atomic E-state index is -4.26. The Balaban J connectivity index is 1.92. The normalized spacial score (nSPS) is 18.7. The number of hydrogen-bond acceptors (Lipinski definition) is 0. The lowest BCUT2D eigenvalue weighted by atomic mass is 9.97. The van der Waals surface area contributed by atoms with Crippen molar-refractivity contribution < 1.29 is 13.2 Å². The molecule has 106 valence electrons. The first-order valence-electron chi connectivity index (χ1n) is 6.77. The molecule has 1 aliphatic carbocycles. The summed E-state index contributed by atoms with van der Waals surface area (Å²) in [6.07, 6.45) is 1.91. The molecule has 2 rings (SSSR count). The van der Waals surface area contributed by atoms with Crippen molar-refractivity contribution in [3.63, 3.8) is 0 Å². The minimum Gasteiger partial charge on any atom is -0.166 e. The number of alkyl halides is 4. The summed E-state index contributed by atoms with van der Waals surface area (Å²) in [6.45, 7) is 0. The standard InChI is InChI=1S/C15H18ClF3/c16-14(12-5-1-2-6-12)9-8-11-4-3-7-13(10-11)15(17,18)19/h3-4,7,10,12,14H,1-2,5-6,8-9H2. The molecular formula is C15H18ClF3. The summed E-state index contributed by atoms with van der Waals surface area (Å²) < 4.78 is 37.8. The maximum absolute atomic E-state index is 12.6. The lowest BCUT2D eigenvalue weighted by molar-refractivity contribution is -0.137. The van der Waals surface area contributed by atoms with Crippen molar-refractivity contribution in [1.29, 1.82) is 0 Å². The zero-order valence-corrected chi connectivity index (χ0v) is 11.5. The zero-order valence-electron chi connectivity index (χ0n) is 10.7. The van der Waals surface area contributed by atoms with E-state index in [0.717, 1.165) is 30.9 Å². The van der Waals surface area contributed by atoms with E-state index in [1.54, 1.807) is 6.07 Å². The van der Waals surface area contributed by atoms with Gasteiger partial charge in [0.1, 0.15) is 0 Å². The van der Waals surface area contributed by atoms with Gasteiger partial charge in [-0.25, -0.2) is 0 Å². The summed E-state index contributed by atoms with van der Waals surface area (Å²) in [6, 6.07) is 5.56. The van der Waals surface area contributed by atoms with E-state index < -0.39 is 11.7 Å². The summed E-state index contributed by atoms with van der Waals surface area (Å²) in [5.41, 5.74) is 0.149. The third kappa shape index (κ3) is 4.13. The monoisotopic (exact) mass is 290 g/mol. The molecule has 0 radical (unpaired) electrons. The van der Waals surface area contributed by atoms with Gasteiger partial charge in [-0.3, -0.25) is 0 Å². The van der Waals surface area contributed by atoms with Crippen molar-refractivity contribution in [1.82, 2.24) is 0 Å². The minimum absolute atomic E-state index is 0.0945. The van der Waals surface area contributed by atoms with Crippen LogP contribution in [0.3, 0.4) is 0 Å². The van der Waals surface area contributed by atoms with Crippen molar-refractivity contribution in [3.05, 3.63) is 35.4 Å². The molecule has 1 aromatic carbocycles. The average Bonchev–Trinajstić information content (AvgIpc) is 2.89. The molecule has 1 unspecified atom stereocenters. The average molecular weight is 291 g/mol. The Bertz CT molecular complexity index is 408. The van der Waals surface area contributed by atoms with Crippen LogP contribution in [-0.2, 0) is 12.6 Å². The summed E-state index contributed by atoms with van der Waals surface area (Å²) in [7, 11) is 0. The van der Waals surface area contributed by atoms with Gasteiger partial charge in [-0.05, 0) is 43.2 Å². The molecule has 0 aliphatic heterocycles. The van der Waals surface area contributed by atoms with Crippen molar-refractivity contribution in [2.24, 2.45) is 5.92 Å². The Morgan fingerprint density at radius 1 is 1.21 bits per heavy atom. The van der Waals surface area contributed by atoms with Gasteiger partial charge in [0.15, 0.2) is 0 Å². The molecule has 0 spiro atoms. The second-order valence-corrected chi connectivity index (χ2v) is 5.86. The molecule has 0 aromatic heterocycles. The highest BCUT2D eigenvalue weighted by Gasteiger charge is 2.30. The summed E-state index contributed by atoms with van der Waals surface area (Å²) in [4.78, 5) is 0. The van der Waals surface area contributed by atoms with Gasteiger partial charge in [-0.2, -0.15) is 13.2 Å². The Hall–Kier alpha value is -0.700. The van der Waals surface area contributed by atoms with E-state index in [4.69, 9.17) is 11.6 Å². The molecule has 0 bridgehead atoms. The third-order valence-corrected chi connectivity index (χ3v) is 4.45. The van der Waals surface area contributed by atoms with E-state index in [1.807, 2.05) is 0 Å². The molecule has 1 aliphatic rings. The van der Waals surface area contributed by atoms with E-state index in [-0.39, 0.29) is 5.38 Å². The number of halogens is 4. The number of rotatable bonds is 4. The number of aryl methyl sites for hydroxylation is 1. The second-order valence-electron chi connectivity index (χ2n) is 5.30. The van der Waals surface area contributed by atoms with E-state index in [1.165, 1.54) is 25.0 Å². The van der Waals surface area contributed by atoms with Crippen LogP contribution >= 0.6 is 11.6 Å². The van der Waals surface area contributed by atoms with Crippen LogP contribution in [-0.4, -0.2) is 5.38 Å². The Kier molecular flexibility index (Phi) is 4.77. The van der Waals surface area contributed by atoms with Gasteiger partial charge < -0.3 is 0 Å². The highest BCUT2D eigenvalue weighted by molar-refractivity contribution is 6.20. The molecule has 0 amide bonds. The maximum Gasteiger partial charge on any atom is 0.416 e. The first kappa shape index (κ1) is 14.7. The van der Waals surface area contributed by atoms with Gasteiger partial charge in [0.05, 0.1) is 5.56 Å². The van der Waals surface area contributed by atoms with Gasteiger partial charge in [-0.1, -0.05) is 31.0 Å². The fraction of sp³-hybridized carbons (Fsp3) is 0.600. The lowest BCUT2D eigenvalue weighted by Crippen LogP contribution is -2.12. The SMILES string of the molecule is FC(F)(F)c1cccc(CCC(Cl)C2CCCC2)c1. The predicted molar refractivity (Wildman–Crippen MR) is 71.4 cm³/mol. The number of benzene rings is 1. The summed E-state index contributed by atoms with van der Waals surface area (Å²) in [5, 5.41) is 0.0945. The molecule has 0 heterocycles. The first-order valence-corrected chi connectivity index (χ1v) is 7.20. The second kappa shape index (κ2) is 6.17. The van der Waals surface area contributed by atoms with E-state index in [0.29, 0.717) is 12.3 Å². The van der Waals surface area contributed by atoms with Gasteiger partial charge in [-0.15, -0.1) is 11.6 Å². The first-order chi connectivity index (χ1) is 8.97. The van der Waals surface area contributed by atoms with Crippen LogP contribution in [0.4, 0.5) is 13.2 Å². The van der Waals surface area contributed by atoms with Crippen molar-refractivity contribution in [2.75, 3.05) is 0 Å². The quantitative estimate of drug-likeness (QED) is 0.648. The fourth-order valence-corrected chi connectivity index (χ4v) is 3.12. The van der Waals surface area contributed by atoms with Crippen molar-refractivity contribution >= 4 is 11.6 Å². The van der Waals surface area contributed by atoms with Gasteiger partial charge in [0.25, 0.3) is 0 Å². The molecular weight excluding hydrogens is 273 g/mol. The molecule has 0 N–H and O–H groups in total. The summed E-state index contributed by atoms with van der Waals surface area (Å²) >= 11 is 6.34. The van der Waals surface area contributed by atoms with Crippen LogP contribution in [0.25, 0.3) is 0 Å².